The quantitative estimate of drug-likeness (QED) is 0.773. The van der Waals surface area contributed by atoms with Crippen molar-refractivity contribution in [1.29, 1.82) is 0 Å². The van der Waals surface area contributed by atoms with E-state index in [2.05, 4.69) is 10.4 Å². The zero-order valence-electron chi connectivity index (χ0n) is 11.7. The van der Waals surface area contributed by atoms with Gasteiger partial charge in [0.05, 0.1) is 5.52 Å². The van der Waals surface area contributed by atoms with Gasteiger partial charge >= 0.3 is 0 Å². The van der Waals surface area contributed by atoms with Crippen LogP contribution in [-0.4, -0.2) is 15.7 Å². The average Bonchev–Trinajstić information content (AvgIpc) is 2.86. The van der Waals surface area contributed by atoms with Crippen LogP contribution in [0.3, 0.4) is 0 Å². The van der Waals surface area contributed by atoms with E-state index >= 15 is 0 Å². The van der Waals surface area contributed by atoms with Crippen molar-refractivity contribution in [2.24, 2.45) is 12.8 Å². The van der Waals surface area contributed by atoms with Crippen molar-refractivity contribution in [3.8, 4) is 0 Å². The summed E-state index contributed by atoms with van der Waals surface area (Å²) >= 11 is 0. The zero-order valence-corrected chi connectivity index (χ0v) is 11.7. The highest BCUT2D eigenvalue weighted by atomic mass is 16.1. The minimum atomic E-state index is -0.215. The van der Waals surface area contributed by atoms with Crippen molar-refractivity contribution in [3.05, 3.63) is 59.8 Å². The second-order valence-electron chi connectivity index (χ2n) is 4.84. The van der Waals surface area contributed by atoms with Crippen molar-refractivity contribution in [1.82, 2.24) is 9.78 Å². The number of benzene rings is 2. The van der Waals surface area contributed by atoms with E-state index in [4.69, 9.17) is 5.73 Å². The standard InChI is InChI=1S/C16H16N4O/c1-20-14-5-3-2-4-13(14)15(19-20)16(21)18-12-8-6-11(10-17)7-9-12/h2-9H,10,17H2,1H3,(H,18,21). The molecule has 106 valence electrons. The molecule has 0 fully saturated rings. The smallest absolute Gasteiger partial charge is 0.276 e. The summed E-state index contributed by atoms with van der Waals surface area (Å²) < 4.78 is 1.71. The number of carbonyl (C=O) groups is 1. The monoisotopic (exact) mass is 280 g/mol. The number of nitrogens with one attached hydrogen (secondary N) is 1. The normalized spacial score (nSPS) is 10.8. The molecule has 0 aliphatic carbocycles. The van der Waals surface area contributed by atoms with E-state index in [0.717, 1.165) is 22.2 Å². The van der Waals surface area contributed by atoms with Crippen molar-refractivity contribution < 1.29 is 4.79 Å². The Labute approximate surface area is 122 Å². The van der Waals surface area contributed by atoms with E-state index in [0.29, 0.717) is 12.2 Å². The van der Waals surface area contributed by atoms with Crippen LogP contribution in [0.4, 0.5) is 5.69 Å². The summed E-state index contributed by atoms with van der Waals surface area (Å²) in [6, 6.07) is 15.1. The van der Waals surface area contributed by atoms with Gasteiger partial charge in [-0.2, -0.15) is 5.10 Å². The van der Waals surface area contributed by atoms with Crippen LogP contribution < -0.4 is 11.1 Å². The van der Waals surface area contributed by atoms with Gasteiger partial charge in [-0.3, -0.25) is 9.48 Å². The van der Waals surface area contributed by atoms with Crippen LogP contribution in [0.2, 0.25) is 0 Å². The molecule has 3 aromatic rings. The molecule has 0 atom stereocenters. The number of fused-ring (bicyclic) bond motifs is 1. The Bertz CT molecular complexity index is 790. The van der Waals surface area contributed by atoms with Gasteiger partial charge in [0, 0.05) is 24.7 Å². The first kappa shape index (κ1) is 13.3. The Morgan fingerprint density at radius 3 is 2.62 bits per heavy atom. The summed E-state index contributed by atoms with van der Waals surface area (Å²) in [4.78, 5) is 12.4. The number of hydrogen-bond donors (Lipinski definition) is 2. The maximum Gasteiger partial charge on any atom is 0.276 e. The lowest BCUT2D eigenvalue weighted by atomic mass is 10.2. The number of aromatic nitrogens is 2. The molecular formula is C16H16N4O. The zero-order chi connectivity index (χ0) is 14.8. The maximum absolute atomic E-state index is 12.4. The molecule has 1 heterocycles. The fraction of sp³-hybridized carbons (Fsp3) is 0.125. The summed E-state index contributed by atoms with van der Waals surface area (Å²) in [6.45, 7) is 0.485. The van der Waals surface area contributed by atoms with E-state index in [1.807, 2.05) is 55.6 Å². The molecule has 0 unspecified atom stereocenters. The van der Waals surface area contributed by atoms with Gasteiger partial charge in [-0.1, -0.05) is 30.3 Å². The van der Waals surface area contributed by atoms with Crippen LogP contribution in [0.25, 0.3) is 10.9 Å². The molecule has 5 nitrogen and oxygen atoms in total. The second-order valence-corrected chi connectivity index (χ2v) is 4.84. The summed E-state index contributed by atoms with van der Waals surface area (Å²) in [6.07, 6.45) is 0. The first-order valence-corrected chi connectivity index (χ1v) is 6.71. The Kier molecular flexibility index (Phi) is 3.41. The van der Waals surface area contributed by atoms with Crippen molar-refractivity contribution in [2.45, 2.75) is 6.54 Å². The number of anilines is 1. The van der Waals surface area contributed by atoms with E-state index in [1.54, 1.807) is 4.68 Å². The van der Waals surface area contributed by atoms with Crippen LogP contribution in [0.5, 0.6) is 0 Å². The van der Waals surface area contributed by atoms with Crippen molar-refractivity contribution >= 4 is 22.5 Å². The predicted molar refractivity (Wildman–Crippen MR) is 83.0 cm³/mol. The highest BCUT2D eigenvalue weighted by Gasteiger charge is 2.15. The SMILES string of the molecule is Cn1nc(C(=O)Nc2ccc(CN)cc2)c2ccccc21. The molecule has 0 saturated heterocycles. The van der Waals surface area contributed by atoms with Gasteiger partial charge in [0.15, 0.2) is 5.69 Å². The molecule has 0 aliphatic rings. The minimum absolute atomic E-state index is 0.215. The number of carbonyl (C=O) groups excluding carboxylic acids is 1. The van der Waals surface area contributed by atoms with E-state index in [-0.39, 0.29) is 5.91 Å². The first-order valence-electron chi connectivity index (χ1n) is 6.71. The predicted octanol–water partition coefficient (Wildman–Crippen LogP) is 2.28. The van der Waals surface area contributed by atoms with E-state index in [1.165, 1.54) is 0 Å². The third kappa shape index (κ3) is 2.51. The lowest BCUT2D eigenvalue weighted by Crippen LogP contribution is -2.13. The van der Waals surface area contributed by atoms with Gasteiger partial charge in [0.25, 0.3) is 5.91 Å². The summed E-state index contributed by atoms with van der Waals surface area (Å²) in [7, 11) is 1.83. The largest absolute Gasteiger partial charge is 0.326 e. The molecule has 0 aliphatic heterocycles. The van der Waals surface area contributed by atoms with Gasteiger partial charge < -0.3 is 11.1 Å². The molecule has 21 heavy (non-hydrogen) atoms. The van der Waals surface area contributed by atoms with Gasteiger partial charge in [-0.15, -0.1) is 0 Å². The average molecular weight is 280 g/mol. The lowest BCUT2D eigenvalue weighted by molar-refractivity contribution is 0.102. The molecule has 0 saturated carbocycles. The summed E-state index contributed by atoms with van der Waals surface area (Å²) in [5.41, 5.74) is 8.67. The highest BCUT2D eigenvalue weighted by molar-refractivity contribution is 6.11. The van der Waals surface area contributed by atoms with Gasteiger partial charge in [0.1, 0.15) is 0 Å². The lowest BCUT2D eigenvalue weighted by Gasteiger charge is -2.04. The molecule has 1 aromatic heterocycles. The molecule has 1 amide bonds. The number of hydrogen-bond acceptors (Lipinski definition) is 3. The Balaban J connectivity index is 1.90. The van der Waals surface area contributed by atoms with Gasteiger partial charge in [-0.05, 0) is 23.8 Å². The number of aryl methyl sites for hydroxylation is 1. The van der Waals surface area contributed by atoms with E-state index in [9.17, 15) is 4.79 Å². The molecular weight excluding hydrogens is 264 g/mol. The molecule has 0 bridgehead atoms. The fourth-order valence-electron chi connectivity index (χ4n) is 2.30. The van der Waals surface area contributed by atoms with Crippen LogP contribution in [0.15, 0.2) is 48.5 Å². The number of para-hydroxylation sites is 1. The van der Waals surface area contributed by atoms with Crippen LogP contribution in [0, 0.1) is 0 Å². The first-order chi connectivity index (χ1) is 10.2. The number of nitrogens with two attached hydrogens (primary N) is 1. The van der Waals surface area contributed by atoms with Crippen LogP contribution in [0.1, 0.15) is 16.1 Å². The third-order valence-electron chi connectivity index (χ3n) is 3.42. The molecule has 3 rings (SSSR count). The Morgan fingerprint density at radius 2 is 1.90 bits per heavy atom. The van der Waals surface area contributed by atoms with Crippen LogP contribution in [-0.2, 0) is 13.6 Å². The molecule has 0 spiro atoms. The maximum atomic E-state index is 12.4. The van der Waals surface area contributed by atoms with Gasteiger partial charge in [-0.25, -0.2) is 0 Å². The van der Waals surface area contributed by atoms with Crippen molar-refractivity contribution in [3.63, 3.8) is 0 Å². The highest BCUT2D eigenvalue weighted by Crippen LogP contribution is 2.19. The number of amides is 1. The topological polar surface area (TPSA) is 72.9 Å². The number of nitrogens with zero attached hydrogens (tertiary/aromatic N) is 2. The third-order valence-corrected chi connectivity index (χ3v) is 3.42. The molecule has 3 N–H and O–H groups in total. The minimum Gasteiger partial charge on any atom is -0.326 e. The fourth-order valence-corrected chi connectivity index (χ4v) is 2.30. The van der Waals surface area contributed by atoms with Crippen LogP contribution >= 0.6 is 0 Å². The summed E-state index contributed by atoms with van der Waals surface area (Å²) in [5, 5.41) is 8.01. The van der Waals surface area contributed by atoms with E-state index < -0.39 is 0 Å². The number of rotatable bonds is 3. The second kappa shape index (κ2) is 5.38. The Hall–Kier alpha value is -2.66. The molecule has 2 aromatic carbocycles. The van der Waals surface area contributed by atoms with Crippen molar-refractivity contribution in [2.75, 3.05) is 5.32 Å². The summed E-state index contributed by atoms with van der Waals surface area (Å²) in [5.74, 6) is -0.215. The Morgan fingerprint density at radius 1 is 1.19 bits per heavy atom. The molecule has 5 heteroatoms. The molecule has 0 radical (unpaired) electrons. The van der Waals surface area contributed by atoms with Gasteiger partial charge in [0.2, 0.25) is 0 Å².